The molecule has 3 heteroatoms. The molecule has 0 spiro atoms. The molecule has 0 amide bonds. The third kappa shape index (κ3) is 2.29. The van der Waals surface area contributed by atoms with E-state index >= 15 is 0 Å². The van der Waals surface area contributed by atoms with Crippen molar-refractivity contribution in [3.63, 3.8) is 0 Å². The summed E-state index contributed by atoms with van der Waals surface area (Å²) >= 11 is 0. The summed E-state index contributed by atoms with van der Waals surface area (Å²) < 4.78 is 5.75. The van der Waals surface area contributed by atoms with E-state index in [1.54, 1.807) is 6.08 Å². The van der Waals surface area contributed by atoms with Gasteiger partial charge in [0.2, 0.25) is 0 Å². The van der Waals surface area contributed by atoms with Crippen LogP contribution in [-0.2, 0) is 9.53 Å². The van der Waals surface area contributed by atoms with Gasteiger partial charge in [-0.1, -0.05) is 17.7 Å². The summed E-state index contributed by atoms with van der Waals surface area (Å²) in [6.45, 7) is 2.06. The zero-order valence-electron chi connectivity index (χ0n) is 8.85. The van der Waals surface area contributed by atoms with Crippen LogP contribution in [0.3, 0.4) is 0 Å². The van der Waals surface area contributed by atoms with Crippen LogP contribution in [0, 0.1) is 5.92 Å². The lowest BCUT2D eigenvalue weighted by atomic mass is 9.84. The van der Waals surface area contributed by atoms with Gasteiger partial charge in [-0.25, -0.2) is 4.79 Å². The highest BCUT2D eigenvalue weighted by Crippen LogP contribution is 2.42. The second-order valence-electron chi connectivity index (χ2n) is 4.32. The van der Waals surface area contributed by atoms with Gasteiger partial charge >= 0.3 is 5.97 Å². The molecule has 0 aromatic carbocycles. The Kier molecular flexibility index (Phi) is 2.91. The Labute approximate surface area is 89.4 Å². The Balaban J connectivity index is 1.96. The average molecular weight is 208 g/mol. The number of carboxylic acids is 1. The maximum atomic E-state index is 10.3. The van der Waals surface area contributed by atoms with E-state index in [9.17, 15) is 4.79 Å². The highest BCUT2D eigenvalue weighted by molar-refractivity contribution is 5.80. The molecule has 2 bridgehead atoms. The number of fused-ring (bicyclic) bond motifs is 2. The molecule has 0 aliphatic carbocycles. The number of hydrogen-bond donors (Lipinski definition) is 1. The highest BCUT2D eigenvalue weighted by atomic mass is 16.5. The molecule has 3 unspecified atom stereocenters. The Morgan fingerprint density at radius 3 is 2.80 bits per heavy atom. The summed E-state index contributed by atoms with van der Waals surface area (Å²) in [5.74, 6) is -0.398. The fourth-order valence-electron chi connectivity index (χ4n) is 2.52. The van der Waals surface area contributed by atoms with Crippen molar-refractivity contribution in [1.82, 2.24) is 0 Å². The van der Waals surface area contributed by atoms with Crippen LogP contribution in [0.1, 0.15) is 26.2 Å². The monoisotopic (exact) mass is 208 g/mol. The van der Waals surface area contributed by atoms with Crippen LogP contribution < -0.4 is 0 Å². The van der Waals surface area contributed by atoms with E-state index in [0.717, 1.165) is 18.9 Å². The van der Waals surface area contributed by atoms with Gasteiger partial charge < -0.3 is 9.84 Å². The maximum Gasteiger partial charge on any atom is 0.328 e. The zero-order valence-corrected chi connectivity index (χ0v) is 8.85. The van der Waals surface area contributed by atoms with Crippen LogP contribution in [0.25, 0.3) is 0 Å². The SMILES string of the molecule is C/C(=C/C=C/C(=O)O)C1CC2CCC1O2. The van der Waals surface area contributed by atoms with Crippen molar-refractivity contribution in [2.45, 2.75) is 38.4 Å². The van der Waals surface area contributed by atoms with Crippen molar-refractivity contribution in [2.24, 2.45) is 5.92 Å². The van der Waals surface area contributed by atoms with Gasteiger partial charge in [-0.3, -0.25) is 0 Å². The van der Waals surface area contributed by atoms with Crippen molar-refractivity contribution >= 4 is 5.97 Å². The molecule has 2 heterocycles. The molecule has 15 heavy (non-hydrogen) atoms. The number of allylic oxidation sites excluding steroid dienone is 2. The summed E-state index contributed by atoms with van der Waals surface area (Å²) in [7, 11) is 0. The third-order valence-corrected chi connectivity index (χ3v) is 3.29. The van der Waals surface area contributed by atoms with E-state index in [4.69, 9.17) is 9.84 Å². The summed E-state index contributed by atoms with van der Waals surface area (Å²) in [4.78, 5) is 10.3. The molecule has 0 radical (unpaired) electrons. The zero-order chi connectivity index (χ0) is 10.8. The second-order valence-corrected chi connectivity index (χ2v) is 4.32. The Hall–Kier alpha value is -1.09. The van der Waals surface area contributed by atoms with Crippen molar-refractivity contribution in [1.29, 1.82) is 0 Å². The third-order valence-electron chi connectivity index (χ3n) is 3.29. The van der Waals surface area contributed by atoms with Crippen LogP contribution in [0.5, 0.6) is 0 Å². The topological polar surface area (TPSA) is 46.5 Å². The van der Waals surface area contributed by atoms with Gasteiger partial charge in [-0.05, 0) is 26.2 Å². The first-order valence-corrected chi connectivity index (χ1v) is 5.40. The van der Waals surface area contributed by atoms with E-state index < -0.39 is 5.97 Å². The second kappa shape index (κ2) is 4.19. The fraction of sp³-hybridized carbons (Fsp3) is 0.583. The molecule has 2 saturated heterocycles. The van der Waals surface area contributed by atoms with Crippen molar-refractivity contribution in [2.75, 3.05) is 0 Å². The van der Waals surface area contributed by atoms with Crippen LogP contribution in [0.4, 0.5) is 0 Å². The number of carboxylic acid groups (broad SMARTS) is 1. The van der Waals surface area contributed by atoms with Gasteiger partial charge in [0, 0.05) is 12.0 Å². The van der Waals surface area contributed by atoms with Crippen molar-refractivity contribution < 1.29 is 14.6 Å². The quantitative estimate of drug-likeness (QED) is 0.571. The predicted octanol–water partition coefficient (Wildman–Crippen LogP) is 2.14. The van der Waals surface area contributed by atoms with Gasteiger partial charge in [0.05, 0.1) is 12.2 Å². The minimum Gasteiger partial charge on any atom is -0.478 e. The van der Waals surface area contributed by atoms with E-state index in [2.05, 4.69) is 6.92 Å². The molecule has 2 aliphatic rings. The first kappa shape index (κ1) is 10.4. The Bertz CT molecular complexity index is 317. The number of rotatable bonds is 3. The molecule has 3 atom stereocenters. The highest BCUT2D eigenvalue weighted by Gasteiger charge is 2.40. The molecule has 0 aromatic heterocycles. The molecule has 0 aromatic rings. The van der Waals surface area contributed by atoms with Crippen LogP contribution >= 0.6 is 0 Å². The average Bonchev–Trinajstić information content (AvgIpc) is 2.77. The predicted molar refractivity (Wildman–Crippen MR) is 56.5 cm³/mol. The summed E-state index contributed by atoms with van der Waals surface area (Å²) in [6.07, 6.45) is 8.94. The van der Waals surface area contributed by atoms with Gasteiger partial charge in [-0.15, -0.1) is 0 Å². The number of aliphatic carboxylic acids is 1. The summed E-state index contributed by atoms with van der Waals surface area (Å²) in [6, 6.07) is 0. The van der Waals surface area contributed by atoms with Gasteiger partial charge in [0.1, 0.15) is 0 Å². The maximum absolute atomic E-state index is 10.3. The van der Waals surface area contributed by atoms with E-state index in [-0.39, 0.29) is 0 Å². The lowest BCUT2D eigenvalue weighted by Gasteiger charge is -2.18. The molecular formula is C12H16O3. The van der Waals surface area contributed by atoms with E-state index in [1.807, 2.05) is 6.08 Å². The van der Waals surface area contributed by atoms with Crippen molar-refractivity contribution in [3.8, 4) is 0 Å². The summed E-state index contributed by atoms with van der Waals surface area (Å²) in [5.41, 5.74) is 1.24. The van der Waals surface area contributed by atoms with Crippen LogP contribution in [-0.4, -0.2) is 23.3 Å². The number of carbonyl (C=O) groups is 1. The molecule has 0 saturated carbocycles. The fourth-order valence-corrected chi connectivity index (χ4v) is 2.52. The standard InChI is InChI=1S/C12H16O3/c1-8(3-2-4-12(13)14)10-7-9-5-6-11(10)15-9/h2-4,9-11H,5-7H2,1H3,(H,13,14)/b4-2+,8-3-. The Morgan fingerprint density at radius 1 is 1.47 bits per heavy atom. The molecule has 2 aliphatic heterocycles. The summed E-state index contributed by atoms with van der Waals surface area (Å²) in [5, 5.41) is 8.46. The van der Waals surface area contributed by atoms with Crippen LogP contribution in [0.2, 0.25) is 0 Å². The molecule has 2 fully saturated rings. The van der Waals surface area contributed by atoms with E-state index in [0.29, 0.717) is 18.1 Å². The number of ether oxygens (including phenoxy) is 1. The van der Waals surface area contributed by atoms with Gasteiger partial charge in [0.15, 0.2) is 0 Å². The molecular weight excluding hydrogens is 192 g/mol. The lowest BCUT2D eigenvalue weighted by Crippen LogP contribution is -2.17. The largest absolute Gasteiger partial charge is 0.478 e. The molecule has 2 rings (SSSR count). The number of hydrogen-bond acceptors (Lipinski definition) is 2. The minimum absolute atomic E-state index is 0.379. The molecule has 3 nitrogen and oxygen atoms in total. The smallest absolute Gasteiger partial charge is 0.328 e. The van der Waals surface area contributed by atoms with Gasteiger partial charge in [-0.2, -0.15) is 0 Å². The van der Waals surface area contributed by atoms with Crippen LogP contribution in [0.15, 0.2) is 23.8 Å². The molecule has 1 N–H and O–H groups in total. The first-order chi connectivity index (χ1) is 7.16. The first-order valence-electron chi connectivity index (χ1n) is 5.40. The Morgan fingerprint density at radius 2 is 2.27 bits per heavy atom. The van der Waals surface area contributed by atoms with Crippen molar-refractivity contribution in [3.05, 3.63) is 23.8 Å². The molecule has 82 valence electrons. The lowest BCUT2D eigenvalue weighted by molar-refractivity contribution is -0.131. The van der Waals surface area contributed by atoms with Gasteiger partial charge in [0.25, 0.3) is 0 Å². The van der Waals surface area contributed by atoms with E-state index in [1.165, 1.54) is 12.0 Å². The normalized spacial score (nSPS) is 35.3. The minimum atomic E-state index is -0.900.